The van der Waals surface area contributed by atoms with E-state index in [0.717, 1.165) is 4.68 Å². The Morgan fingerprint density at radius 1 is 1.30 bits per heavy atom. The van der Waals surface area contributed by atoms with Crippen LogP contribution in [0.1, 0.15) is 32.2 Å². The van der Waals surface area contributed by atoms with Crippen molar-refractivity contribution in [3.63, 3.8) is 0 Å². The number of nitro groups is 1. The lowest BCUT2D eigenvalue weighted by Crippen LogP contribution is -2.29. The van der Waals surface area contributed by atoms with Gasteiger partial charge in [0.2, 0.25) is 5.75 Å². The summed E-state index contributed by atoms with van der Waals surface area (Å²) in [6.45, 7) is 5.15. The highest BCUT2D eigenvalue weighted by Crippen LogP contribution is 2.30. The minimum absolute atomic E-state index is 0.168. The number of methoxy groups -OCH3 is 1. The van der Waals surface area contributed by atoms with Crippen LogP contribution in [0.15, 0.2) is 50.8 Å². The molecule has 0 atom stereocenters. The molecule has 0 unspecified atom stereocenters. The summed E-state index contributed by atoms with van der Waals surface area (Å²) >= 11 is 3.36. The summed E-state index contributed by atoms with van der Waals surface area (Å²) in [6.07, 6.45) is 1.27. The molecule has 0 aliphatic carbocycles. The van der Waals surface area contributed by atoms with Gasteiger partial charge in [-0.15, -0.1) is 0 Å². The smallest absolute Gasteiger partial charge is 0.343 e. The molecule has 0 N–H and O–H groups in total. The molecule has 33 heavy (non-hydrogen) atoms. The Bertz CT molecular complexity index is 1330. The number of ether oxygens (including phenoxy) is 2. The summed E-state index contributed by atoms with van der Waals surface area (Å²) < 4.78 is 11.8. The minimum atomic E-state index is -0.702. The van der Waals surface area contributed by atoms with E-state index in [9.17, 15) is 19.7 Å². The molecule has 2 aromatic carbocycles. The summed E-state index contributed by atoms with van der Waals surface area (Å²) in [5.41, 5.74) is -0.562. The molecule has 0 fully saturated rings. The minimum Gasteiger partial charge on any atom is -0.474 e. The molecule has 0 saturated heterocycles. The van der Waals surface area contributed by atoms with Crippen molar-refractivity contribution in [1.29, 1.82) is 0 Å². The maximum Gasteiger partial charge on any atom is 0.343 e. The average molecular weight is 517 g/mol. The molecular weight excluding hydrogens is 496 g/mol. The largest absolute Gasteiger partial charge is 0.474 e. The van der Waals surface area contributed by atoms with E-state index >= 15 is 0 Å². The van der Waals surface area contributed by atoms with E-state index in [1.165, 1.54) is 31.5 Å². The van der Waals surface area contributed by atoms with E-state index in [0.29, 0.717) is 21.2 Å². The second kappa shape index (κ2) is 9.49. The van der Waals surface area contributed by atoms with Crippen LogP contribution in [0.4, 0.5) is 5.69 Å². The summed E-state index contributed by atoms with van der Waals surface area (Å²) in [5, 5.41) is 16.1. The number of carbonyl (C=O) groups excluding carboxylic acids is 1. The van der Waals surface area contributed by atoms with Gasteiger partial charge < -0.3 is 9.47 Å². The van der Waals surface area contributed by atoms with E-state index in [4.69, 9.17) is 4.74 Å². The number of carbonyl (C=O) groups is 1. The third-order valence-corrected chi connectivity index (χ3v) is 5.07. The van der Waals surface area contributed by atoms with Crippen molar-refractivity contribution in [2.24, 2.45) is 5.10 Å². The van der Waals surface area contributed by atoms with Crippen molar-refractivity contribution in [3.8, 4) is 5.75 Å². The molecule has 0 bridgehead atoms. The number of para-hydroxylation sites is 1. The number of halogens is 1. The molecule has 0 spiro atoms. The number of esters is 1. The zero-order valence-corrected chi connectivity index (χ0v) is 20.0. The van der Waals surface area contributed by atoms with Crippen LogP contribution >= 0.6 is 15.9 Å². The maximum atomic E-state index is 13.3. The van der Waals surface area contributed by atoms with Gasteiger partial charge in [0.1, 0.15) is 5.82 Å². The first-order valence-corrected chi connectivity index (χ1v) is 10.6. The van der Waals surface area contributed by atoms with Crippen molar-refractivity contribution < 1.29 is 19.2 Å². The first-order chi connectivity index (χ1) is 15.5. The fourth-order valence-corrected chi connectivity index (χ4v) is 3.36. The second-order valence-corrected chi connectivity index (χ2v) is 8.94. The molecule has 172 valence electrons. The molecule has 0 saturated carbocycles. The number of hydrogen-bond acceptors (Lipinski definition) is 8. The number of fused-ring (bicyclic) bond motifs is 1. The van der Waals surface area contributed by atoms with E-state index in [2.05, 4.69) is 30.8 Å². The number of hydrogen-bond donors (Lipinski definition) is 0. The lowest BCUT2D eigenvalue weighted by Gasteiger charge is -2.21. The second-order valence-electron chi connectivity index (χ2n) is 8.03. The van der Waals surface area contributed by atoms with E-state index in [1.54, 1.807) is 18.2 Å². The van der Waals surface area contributed by atoms with Gasteiger partial charge in [-0.3, -0.25) is 14.9 Å². The van der Waals surface area contributed by atoms with Crippen LogP contribution in [-0.2, 0) is 14.9 Å². The Balaban J connectivity index is 2.19. The van der Waals surface area contributed by atoms with Crippen molar-refractivity contribution >= 4 is 44.7 Å². The van der Waals surface area contributed by atoms with Gasteiger partial charge >= 0.3 is 11.7 Å². The Kier molecular flexibility index (Phi) is 6.92. The van der Waals surface area contributed by atoms with Gasteiger partial charge in [0.05, 0.1) is 29.2 Å². The summed E-state index contributed by atoms with van der Waals surface area (Å²) in [4.78, 5) is 40.2. The highest BCUT2D eigenvalue weighted by atomic mass is 79.9. The van der Waals surface area contributed by atoms with E-state index in [1.807, 2.05) is 20.8 Å². The molecule has 3 rings (SSSR count). The van der Waals surface area contributed by atoms with Crippen molar-refractivity contribution in [2.45, 2.75) is 26.2 Å². The Hall–Kier alpha value is -3.60. The summed E-state index contributed by atoms with van der Waals surface area (Å²) in [5.74, 6) is -0.467. The van der Waals surface area contributed by atoms with Gasteiger partial charge in [-0.2, -0.15) is 9.78 Å². The predicted octanol–water partition coefficient (Wildman–Crippen LogP) is 3.80. The molecule has 11 heteroatoms. The topological polar surface area (TPSA) is 126 Å². The maximum absolute atomic E-state index is 13.3. The van der Waals surface area contributed by atoms with Crippen LogP contribution in [0.25, 0.3) is 10.9 Å². The highest BCUT2D eigenvalue weighted by molar-refractivity contribution is 9.10. The van der Waals surface area contributed by atoms with Gasteiger partial charge in [-0.25, -0.2) is 9.78 Å². The zero-order valence-electron chi connectivity index (χ0n) is 18.4. The van der Waals surface area contributed by atoms with Crippen LogP contribution in [0.2, 0.25) is 0 Å². The number of benzene rings is 2. The lowest BCUT2D eigenvalue weighted by atomic mass is 9.95. The predicted molar refractivity (Wildman–Crippen MR) is 126 cm³/mol. The van der Waals surface area contributed by atoms with Gasteiger partial charge in [-0.05, 0) is 24.3 Å². The fourth-order valence-electron chi connectivity index (χ4n) is 3.00. The van der Waals surface area contributed by atoms with Crippen molar-refractivity contribution in [1.82, 2.24) is 9.66 Å². The molecule has 0 aliphatic rings. The lowest BCUT2D eigenvalue weighted by molar-refractivity contribution is -0.385. The standard InChI is InChI=1S/C22H21BrN4O6/c1-22(2,3)21-25-16-9-8-14(23)10-15(16)20(29)26(21)24-11-13-6-5-7-17(27(30)31)19(13)33-12-18(28)32-4/h5-11H,12H2,1-4H3. The first kappa shape index (κ1) is 24.1. The number of nitro benzene ring substituents is 1. The summed E-state index contributed by atoms with van der Waals surface area (Å²) in [6, 6.07) is 9.41. The molecule has 1 aromatic heterocycles. The molecule has 0 amide bonds. The third-order valence-electron chi connectivity index (χ3n) is 4.57. The highest BCUT2D eigenvalue weighted by Gasteiger charge is 2.24. The normalized spacial score (nSPS) is 11.7. The molecule has 0 radical (unpaired) electrons. The molecule has 0 aliphatic heterocycles. The quantitative estimate of drug-likeness (QED) is 0.211. The van der Waals surface area contributed by atoms with Crippen LogP contribution in [0, 0.1) is 10.1 Å². The molecule has 3 aromatic rings. The number of nitrogens with zero attached hydrogens (tertiary/aromatic N) is 4. The number of aromatic nitrogens is 2. The van der Waals surface area contributed by atoms with Gasteiger partial charge in [0.25, 0.3) is 5.56 Å². The fraction of sp³-hybridized carbons (Fsp3) is 0.273. The van der Waals surface area contributed by atoms with E-state index in [-0.39, 0.29) is 17.0 Å². The monoisotopic (exact) mass is 516 g/mol. The van der Waals surface area contributed by atoms with Crippen LogP contribution in [0.5, 0.6) is 5.75 Å². The van der Waals surface area contributed by atoms with Crippen molar-refractivity contribution in [2.75, 3.05) is 13.7 Å². The van der Waals surface area contributed by atoms with Crippen LogP contribution in [0.3, 0.4) is 0 Å². The molecule has 1 heterocycles. The van der Waals surface area contributed by atoms with Crippen molar-refractivity contribution in [3.05, 3.63) is 72.7 Å². The van der Waals surface area contributed by atoms with Gasteiger partial charge in [0.15, 0.2) is 6.61 Å². The third kappa shape index (κ3) is 5.25. The Labute approximate surface area is 197 Å². The average Bonchev–Trinajstić information content (AvgIpc) is 2.76. The van der Waals surface area contributed by atoms with Gasteiger partial charge in [0, 0.05) is 21.5 Å². The van der Waals surface area contributed by atoms with Crippen LogP contribution in [-0.4, -0.2) is 40.5 Å². The SMILES string of the molecule is COC(=O)COc1c(C=Nn2c(C(C)(C)C)nc3ccc(Br)cc3c2=O)cccc1[N+](=O)[O-]. The van der Waals surface area contributed by atoms with Crippen LogP contribution < -0.4 is 10.3 Å². The first-order valence-electron chi connectivity index (χ1n) is 9.77. The van der Waals surface area contributed by atoms with E-state index < -0.39 is 28.5 Å². The summed E-state index contributed by atoms with van der Waals surface area (Å²) in [7, 11) is 1.18. The zero-order chi connectivity index (χ0) is 24.3. The Morgan fingerprint density at radius 2 is 2.03 bits per heavy atom. The molecular formula is C22H21BrN4O6. The molecule has 10 nitrogen and oxygen atoms in total. The van der Waals surface area contributed by atoms with Gasteiger partial charge in [-0.1, -0.05) is 42.8 Å². The number of rotatable bonds is 6. The Morgan fingerprint density at radius 3 is 2.67 bits per heavy atom.